The summed E-state index contributed by atoms with van der Waals surface area (Å²) in [7, 11) is 0. The zero-order valence-electron chi connectivity index (χ0n) is 13.9. The van der Waals surface area contributed by atoms with Gasteiger partial charge in [0, 0.05) is 0 Å². The molecule has 25 heavy (non-hydrogen) atoms. The molecule has 0 bridgehead atoms. The van der Waals surface area contributed by atoms with E-state index >= 15 is 0 Å². The number of imide groups is 1. The molecule has 1 aliphatic heterocycles. The highest BCUT2D eigenvalue weighted by molar-refractivity contribution is 6.27. The highest BCUT2D eigenvalue weighted by Gasteiger charge is 2.31. The second kappa shape index (κ2) is 7.53. The lowest BCUT2D eigenvalue weighted by molar-refractivity contribution is -0.141. The molecule has 4 heteroatoms. The van der Waals surface area contributed by atoms with Gasteiger partial charge in [-0.25, -0.2) is 0 Å². The molecule has 0 N–H and O–H groups in total. The molecule has 0 aliphatic carbocycles. The van der Waals surface area contributed by atoms with Crippen molar-refractivity contribution in [3.8, 4) is 0 Å². The molecular formula is C21H18N2O2. The van der Waals surface area contributed by atoms with Crippen molar-refractivity contribution in [1.29, 1.82) is 0 Å². The number of carbonyl (C=O) groups excluding carboxylic acids is 2. The van der Waals surface area contributed by atoms with Crippen molar-refractivity contribution < 1.29 is 9.59 Å². The maximum Gasteiger partial charge on any atom is 0.283 e. The van der Waals surface area contributed by atoms with Gasteiger partial charge in [-0.3, -0.25) is 9.59 Å². The topological polar surface area (TPSA) is 49.7 Å². The van der Waals surface area contributed by atoms with Gasteiger partial charge in [-0.1, -0.05) is 72.8 Å². The highest BCUT2D eigenvalue weighted by Crippen LogP contribution is 2.17. The van der Waals surface area contributed by atoms with E-state index in [2.05, 4.69) is 5.10 Å². The maximum atomic E-state index is 12.5. The van der Waals surface area contributed by atoms with Crippen LogP contribution in [0, 0.1) is 0 Å². The SMILES string of the molecule is CC1=NN(C(=O)Cc2ccccc2)C(=O)/C1=C\C=C\c1ccccc1. The number of allylic oxidation sites excluding steroid dienone is 2. The highest BCUT2D eigenvalue weighted by atomic mass is 16.2. The summed E-state index contributed by atoms with van der Waals surface area (Å²) in [6, 6.07) is 19.1. The van der Waals surface area contributed by atoms with Crippen LogP contribution in [0.5, 0.6) is 0 Å². The molecule has 1 heterocycles. The molecule has 0 aromatic heterocycles. The lowest BCUT2D eigenvalue weighted by Crippen LogP contribution is -2.30. The summed E-state index contributed by atoms with van der Waals surface area (Å²) >= 11 is 0. The van der Waals surface area contributed by atoms with Crippen molar-refractivity contribution in [2.45, 2.75) is 13.3 Å². The predicted octanol–water partition coefficient (Wildman–Crippen LogP) is 3.61. The van der Waals surface area contributed by atoms with Gasteiger partial charge in [-0.15, -0.1) is 0 Å². The lowest BCUT2D eigenvalue weighted by atomic mass is 10.1. The standard InChI is InChI=1S/C21H18N2O2/c1-16-19(14-8-13-17-9-4-2-5-10-17)21(25)23(22-16)20(24)15-18-11-6-3-7-12-18/h2-14H,15H2,1H3/b13-8+,19-14-. The van der Waals surface area contributed by atoms with E-state index < -0.39 is 0 Å². The molecular weight excluding hydrogens is 312 g/mol. The molecule has 2 aromatic carbocycles. The zero-order chi connectivity index (χ0) is 17.6. The molecule has 2 amide bonds. The third kappa shape index (κ3) is 3.98. The number of rotatable bonds is 4. The lowest BCUT2D eigenvalue weighted by Gasteiger charge is -2.09. The summed E-state index contributed by atoms with van der Waals surface area (Å²) < 4.78 is 0. The number of benzene rings is 2. The molecule has 0 atom stereocenters. The van der Waals surface area contributed by atoms with Gasteiger partial charge in [0.15, 0.2) is 0 Å². The largest absolute Gasteiger partial charge is 0.283 e. The molecule has 0 unspecified atom stereocenters. The van der Waals surface area contributed by atoms with Crippen LogP contribution in [0.15, 0.2) is 83.5 Å². The summed E-state index contributed by atoms with van der Waals surface area (Å²) in [6.07, 6.45) is 5.55. The van der Waals surface area contributed by atoms with Crippen molar-refractivity contribution in [2.24, 2.45) is 5.10 Å². The summed E-state index contributed by atoms with van der Waals surface area (Å²) in [5, 5.41) is 5.08. The van der Waals surface area contributed by atoms with Gasteiger partial charge in [0.2, 0.25) is 0 Å². The van der Waals surface area contributed by atoms with Gasteiger partial charge in [-0.05, 0) is 24.1 Å². The van der Waals surface area contributed by atoms with Gasteiger partial charge < -0.3 is 0 Å². The quantitative estimate of drug-likeness (QED) is 0.804. The molecule has 0 saturated carbocycles. The third-order valence-corrected chi connectivity index (χ3v) is 3.85. The minimum atomic E-state index is -0.379. The third-order valence-electron chi connectivity index (χ3n) is 3.85. The Kier molecular flexibility index (Phi) is 5.00. The van der Waals surface area contributed by atoms with Crippen LogP contribution in [0.1, 0.15) is 18.1 Å². The van der Waals surface area contributed by atoms with Gasteiger partial charge in [0.05, 0.1) is 17.7 Å². The van der Waals surface area contributed by atoms with Crippen molar-refractivity contribution in [3.63, 3.8) is 0 Å². The van der Waals surface area contributed by atoms with Crippen LogP contribution in [0.25, 0.3) is 6.08 Å². The van der Waals surface area contributed by atoms with E-state index in [1.165, 1.54) is 0 Å². The first-order valence-electron chi connectivity index (χ1n) is 8.05. The molecule has 0 fully saturated rings. The molecule has 2 aromatic rings. The Labute approximate surface area is 146 Å². The average Bonchev–Trinajstić information content (AvgIpc) is 2.92. The zero-order valence-corrected chi connectivity index (χ0v) is 13.9. The first-order chi connectivity index (χ1) is 12.1. The van der Waals surface area contributed by atoms with E-state index in [0.29, 0.717) is 11.3 Å². The second-order valence-corrected chi connectivity index (χ2v) is 5.71. The number of hydrogen-bond acceptors (Lipinski definition) is 3. The van der Waals surface area contributed by atoms with Crippen LogP contribution in [0.3, 0.4) is 0 Å². The monoisotopic (exact) mass is 330 g/mol. The van der Waals surface area contributed by atoms with E-state index in [-0.39, 0.29) is 18.2 Å². The molecule has 1 aliphatic rings. The van der Waals surface area contributed by atoms with Gasteiger partial charge >= 0.3 is 0 Å². The van der Waals surface area contributed by atoms with E-state index in [9.17, 15) is 9.59 Å². The van der Waals surface area contributed by atoms with E-state index in [4.69, 9.17) is 0 Å². The fraction of sp³-hybridized carbons (Fsp3) is 0.0952. The Bertz CT molecular complexity index is 865. The molecule has 3 rings (SSSR count). The predicted molar refractivity (Wildman–Crippen MR) is 98.7 cm³/mol. The molecule has 0 saturated heterocycles. The van der Waals surface area contributed by atoms with Crippen LogP contribution in [0.2, 0.25) is 0 Å². The van der Waals surface area contributed by atoms with Gasteiger partial charge in [0.25, 0.3) is 11.8 Å². The first kappa shape index (κ1) is 16.6. The van der Waals surface area contributed by atoms with Crippen LogP contribution in [-0.2, 0) is 16.0 Å². The van der Waals surface area contributed by atoms with Crippen molar-refractivity contribution in [1.82, 2.24) is 5.01 Å². The van der Waals surface area contributed by atoms with E-state index in [1.54, 1.807) is 19.1 Å². The van der Waals surface area contributed by atoms with Crippen LogP contribution in [0.4, 0.5) is 0 Å². The maximum absolute atomic E-state index is 12.5. The average molecular weight is 330 g/mol. The van der Waals surface area contributed by atoms with E-state index in [0.717, 1.165) is 16.1 Å². The number of amides is 2. The number of hydrogen-bond donors (Lipinski definition) is 0. The Morgan fingerprint density at radius 3 is 2.36 bits per heavy atom. The Morgan fingerprint density at radius 2 is 1.68 bits per heavy atom. The summed E-state index contributed by atoms with van der Waals surface area (Å²) in [5.41, 5.74) is 2.88. The van der Waals surface area contributed by atoms with Gasteiger partial charge in [0.1, 0.15) is 0 Å². The molecule has 4 nitrogen and oxygen atoms in total. The minimum absolute atomic E-state index is 0.149. The van der Waals surface area contributed by atoms with Crippen LogP contribution >= 0.6 is 0 Å². The molecule has 0 spiro atoms. The number of carbonyl (C=O) groups is 2. The molecule has 124 valence electrons. The Balaban J connectivity index is 1.71. The Morgan fingerprint density at radius 1 is 1.04 bits per heavy atom. The minimum Gasteiger partial charge on any atom is -0.272 e. The summed E-state index contributed by atoms with van der Waals surface area (Å²) in [5.74, 6) is -0.706. The van der Waals surface area contributed by atoms with Gasteiger partial charge in [-0.2, -0.15) is 10.1 Å². The Hall–Kier alpha value is -3.27. The fourth-order valence-corrected chi connectivity index (χ4v) is 2.54. The summed E-state index contributed by atoms with van der Waals surface area (Å²) in [6.45, 7) is 1.73. The van der Waals surface area contributed by atoms with Crippen LogP contribution < -0.4 is 0 Å². The number of nitrogens with zero attached hydrogens (tertiary/aromatic N) is 2. The van der Waals surface area contributed by atoms with Crippen molar-refractivity contribution in [3.05, 3.63) is 89.5 Å². The van der Waals surface area contributed by atoms with Crippen molar-refractivity contribution >= 4 is 23.6 Å². The second-order valence-electron chi connectivity index (χ2n) is 5.71. The smallest absolute Gasteiger partial charge is 0.272 e. The first-order valence-corrected chi connectivity index (χ1v) is 8.05. The number of hydrazone groups is 1. The normalized spacial score (nSPS) is 15.9. The summed E-state index contributed by atoms with van der Waals surface area (Å²) in [4.78, 5) is 24.8. The van der Waals surface area contributed by atoms with E-state index in [1.807, 2.05) is 66.7 Å². The van der Waals surface area contributed by atoms with Crippen molar-refractivity contribution in [2.75, 3.05) is 0 Å². The fourth-order valence-electron chi connectivity index (χ4n) is 2.54. The molecule has 0 radical (unpaired) electrons. The van der Waals surface area contributed by atoms with Crippen LogP contribution in [-0.4, -0.2) is 22.5 Å².